The Bertz CT molecular complexity index is 670. The molecule has 0 aliphatic carbocycles. The molecule has 0 aliphatic rings. The lowest BCUT2D eigenvalue weighted by Crippen LogP contribution is -2.11. The number of thiazole rings is 1. The number of H-pyrrole nitrogens is 1. The smallest absolute Gasteiger partial charge is 0.265 e. The van der Waals surface area contributed by atoms with Gasteiger partial charge in [0.05, 0.1) is 5.69 Å². The van der Waals surface area contributed by atoms with Crippen LogP contribution in [0.1, 0.15) is 42.6 Å². The van der Waals surface area contributed by atoms with E-state index in [0.717, 1.165) is 31.2 Å². The van der Waals surface area contributed by atoms with Gasteiger partial charge in [0.15, 0.2) is 5.13 Å². The number of nitrogens with one attached hydrogen (secondary N) is 2. The molecule has 2 aromatic heterocycles. The van der Waals surface area contributed by atoms with Crippen LogP contribution in [0.4, 0.5) is 5.13 Å². The van der Waals surface area contributed by atoms with Gasteiger partial charge in [-0.15, -0.1) is 23.7 Å². The molecule has 0 radical (unpaired) electrons. The number of aromatic amines is 1. The Morgan fingerprint density at radius 2 is 2.00 bits per heavy atom. The van der Waals surface area contributed by atoms with Crippen LogP contribution < -0.4 is 16.8 Å². The summed E-state index contributed by atoms with van der Waals surface area (Å²) < 4.78 is 0. The summed E-state index contributed by atoms with van der Waals surface area (Å²) in [5.41, 5.74) is 12.4. The van der Waals surface area contributed by atoms with Gasteiger partial charge in [-0.3, -0.25) is 9.59 Å². The van der Waals surface area contributed by atoms with Crippen LogP contribution in [-0.4, -0.2) is 28.3 Å². The molecule has 0 spiro atoms. The number of carbonyl (C=O) groups excluding carboxylic acids is 2. The SMILES string of the molecule is Cl.NCCCCCCC(=O)Nc1nc(-c2c[nH]c(C(N)=O)c2)cs1. The molecule has 0 aromatic carbocycles. The van der Waals surface area contributed by atoms with E-state index < -0.39 is 5.91 Å². The molecule has 9 heteroatoms. The highest BCUT2D eigenvalue weighted by Gasteiger charge is 2.11. The van der Waals surface area contributed by atoms with Crippen molar-refractivity contribution in [1.82, 2.24) is 9.97 Å². The monoisotopic (exact) mass is 371 g/mol. The van der Waals surface area contributed by atoms with E-state index in [9.17, 15) is 9.59 Å². The summed E-state index contributed by atoms with van der Waals surface area (Å²) in [6, 6.07) is 1.64. The van der Waals surface area contributed by atoms with Crippen molar-refractivity contribution >= 4 is 40.7 Å². The maximum Gasteiger partial charge on any atom is 0.265 e. The van der Waals surface area contributed by atoms with E-state index in [1.54, 1.807) is 12.3 Å². The highest BCUT2D eigenvalue weighted by Crippen LogP contribution is 2.25. The first-order valence-electron chi connectivity index (χ1n) is 7.54. The average molecular weight is 372 g/mol. The Labute approximate surface area is 150 Å². The number of primary amides is 1. The highest BCUT2D eigenvalue weighted by molar-refractivity contribution is 7.14. The zero-order valence-electron chi connectivity index (χ0n) is 13.2. The van der Waals surface area contributed by atoms with E-state index in [4.69, 9.17) is 11.5 Å². The third-order valence-electron chi connectivity index (χ3n) is 3.35. The van der Waals surface area contributed by atoms with Gasteiger partial charge in [-0.05, 0) is 25.5 Å². The molecule has 7 nitrogen and oxygen atoms in total. The molecule has 0 aliphatic heterocycles. The van der Waals surface area contributed by atoms with Gasteiger partial charge in [-0.1, -0.05) is 12.8 Å². The molecule has 0 saturated carbocycles. The fourth-order valence-corrected chi connectivity index (χ4v) is 2.85. The number of aromatic nitrogens is 2. The van der Waals surface area contributed by atoms with Crippen LogP contribution in [-0.2, 0) is 4.79 Å². The van der Waals surface area contributed by atoms with Crippen molar-refractivity contribution in [1.29, 1.82) is 0 Å². The van der Waals surface area contributed by atoms with Gasteiger partial charge in [0.1, 0.15) is 5.69 Å². The summed E-state index contributed by atoms with van der Waals surface area (Å²) in [6.07, 6.45) is 6.06. The molecule has 2 aromatic rings. The number of nitrogens with two attached hydrogens (primary N) is 2. The molecule has 0 bridgehead atoms. The van der Waals surface area contributed by atoms with Crippen molar-refractivity contribution in [3.63, 3.8) is 0 Å². The molecule has 24 heavy (non-hydrogen) atoms. The summed E-state index contributed by atoms with van der Waals surface area (Å²) in [4.78, 5) is 30.1. The first-order chi connectivity index (χ1) is 11.1. The fraction of sp³-hybridized carbons (Fsp3) is 0.400. The Hall–Kier alpha value is -1.90. The molecule has 0 atom stereocenters. The van der Waals surface area contributed by atoms with Gasteiger partial charge in [-0.25, -0.2) is 4.98 Å². The second kappa shape index (κ2) is 10.1. The van der Waals surface area contributed by atoms with Crippen molar-refractivity contribution in [2.24, 2.45) is 11.5 Å². The third kappa shape index (κ3) is 5.95. The van der Waals surface area contributed by atoms with Crippen LogP contribution in [0.5, 0.6) is 0 Å². The largest absolute Gasteiger partial charge is 0.364 e. The Morgan fingerprint density at radius 3 is 2.67 bits per heavy atom. The number of carbonyl (C=O) groups is 2. The van der Waals surface area contributed by atoms with E-state index in [1.807, 2.05) is 5.38 Å². The van der Waals surface area contributed by atoms with Gasteiger partial charge in [0, 0.05) is 23.6 Å². The highest BCUT2D eigenvalue weighted by atomic mass is 35.5. The van der Waals surface area contributed by atoms with Crippen LogP contribution in [0.25, 0.3) is 11.3 Å². The Kier molecular flexibility index (Phi) is 8.45. The first kappa shape index (κ1) is 20.1. The minimum absolute atomic E-state index is 0. The van der Waals surface area contributed by atoms with Crippen molar-refractivity contribution in [3.05, 3.63) is 23.3 Å². The number of nitrogens with zero attached hydrogens (tertiary/aromatic N) is 1. The zero-order valence-corrected chi connectivity index (χ0v) is 14.8. The lowest BCUT2D eigenvalue weighted by molar-refractivity contribution is -0.116. The van der Waals surface area contributed by atoms with Gasteiger partial charge in [0.25, 0.3) is 5.91 Å². The van der Waals surface area contributed by atoms with Crippen molar-refractivity contribution < 1.29 is 9.59 Å². The van der Waals surface area contributed by atoms with Crippen LogP contribution in [0.15, 0.2) is 17.6 Å². The summed E-state index contributed by atoms with van der Waals surface area (Å²) in [5, 5.41) is 5.17. The standard InChI is InChI=1S/C15H21N5O2S.ClH/c16-6-4-2-1-3-5-13(21)20-15-19-12(9-23-15)10-7-11(14(17)22)18-8-10;/h7-9,18H,1-6,16H2,(H2,17,22)(H,19,20,21);1H. The molecule has 2 amide bonds. The van der Waals surface area contributed by atoms with E-state index >= 15 is 0 Å². The molecule has 2 rings (SSSR count). The van der Waals surface area contributed by atoms with E-state index in [2.05, 4.69) is 15.3 Å². The van der Waals surface area contributed by atoms with Crippen LogP contribution in [0.3, 0.4) is 0 Å². The molecular formula is C15H22ClN5O2S. The van der Waals surface area contributed by atoms with E-state index in [1.165, 1.54) is 11.3 Å². The van der Waals surface area contributed by atoms with Gasteiger partial charge in [0.2, 0.25) is 5.91 Å². The predicted molar refractivity (Wildman–Crippen MR) is 98.4 cm³/mol. The lowest BCUT2D eigenvalue weighted by Gasteiger charge is -2.01. The second-order valence-corrected chi connectivity index (χ2v) is 6.06. The van der Waals surface area contributed by atoms with Crippen molar-refractivity contribution in [2.45, 2.75) is 32.1 Å². The van der Waals surface area contributed by atoms with Crippen molar-refractivity contribution in [2.75, 3.05) is 11.9 Å². The molecule has 132 valence electrons. The number of hydrogen-bond acceptors (Lipinski definition) is 5. The number of hydrogen-bond donors (Lipinski definition) is 4. The zero-order chi connectivity index (χ0) is 16.7. The quantitative estimate of drug-likeness (QED) is 0.505. The maximum absolute atomic E-state index is 11.8. The van der Waals surface area contributed by atoms with E-state index in [-0.39, 0.29) is 18.3 Å². The number of anilines is 1. The molecule has 0 saturated heterocycles. The van der Waals surface area contributed by atoms with Crippen LogP contribution in [0, 0.1) is 0 Å². The minimum Gasteiger partial charge on any atom is -0.364 e. The molecule has 0 fully saturated rings. The van der Waals surface area contributed by atoms with Crippen LogP contribution in [0.2, 0.25) is 0 Å². The maximum atomic E-state index is 11.8. The Morgan fingerprint density at radius 1 is 1.25 bits per heavy atom. The average Bonchev–Trinajstić information content (AvgIpc) is 3.15. The van der Waals surface area contributed by atoms with Gasteiger partial charge in [-0.2, -0.15) is 0 Å². The summed E-state index contributed by atoms with van der Waals surface area (Å²) >= 11 is 1.35. The normalized spacial score (nSPS) is 10.2. The fourth-order valence-electron chi connectivity index (χ4n) is 2.11. The third-order valence-corrected chi connectivity index (χ3v) is 4.11. The second-order valence-electron chi connectivity index (χ2n) is 5.21. The summed E-state index contributed by atoms with van der Waals surface area (Å²) in [6.45, 7) is 0.699. The first-order valence-corrected chi connectivity index (χ1v) is 8.42. The molecule has 6 N–H and O–H groups in total. The number of halogens is 1. The van der Waals surface area contributed by atoms with E-state index in [0.29, 0.717) is 29.5 Å². The number of unbranched alkanes of at least 4 members (excludes halogenated alkanes) is 3. The predicted octanol–water partition coefficient (Wildman–Crippen LogP) is 2.51. The summed E-state index contributed by atoms with van der Waals surface area (Å²) in [7, 11) is 0. The summed E-state index contributed by atoms with van der Waals surface area (Å²) in [5.74, 6) is -0.555. The van der Waals surface area contributed by atoms with Crippen LogP contribution >= 0.6 is 23.7 Å². The Balaban J connectivity index is 0.00000288. The topological polar surface area (TPSA) is 127 Å². The number of rotatable bonds is 9. The molecular weight excluding hydrogens is 350 g/mol. The number of amides is 2. The molecule has 2 heterocycles. The lowest BCUT2D eigenvalue weighted by atomic mass is 10.1. The van der Waals surface area contributed by atoms with Gasteiger partial charge < -0.3 is 21.8 Å². The minimum atomic E-state index is -0.519. The van der Waals surface area contributed by atoms with Gasteiger partial charge >= 0.3 is 0 Å². The van der Waals surface area contributed by atoms with Crippen molar-refractivity contribution in [3.8, 4) is 11.3 Å². The molecule has 0 unspecified atom stereocenters.